The van der Waals surface area contributed by atoms with E-state index in [1.165, 1.54) is 6.07 Å². The van der Waals surface area contributed by atoms with Crippen LogP contribution in [-0.2, 0) is 17.8 Å². The lowest BCUT2D eigenvalue weighted by Gasteiger charge is -2.14. The molecule has 1 atom stereocenters. The van der Waals surface area contributed by atoms with Crippen molar-refractivity contribution in [3.05, 3.63) is 71.0 Å². The molecule has 2 aromatic rings. The van der Waals surface area contributed by atoms with Crippen molar-refractivity contribution in [1.82, 2.24) is 10.6 Å². The Morgan fingerprint density at radius 2 is 1.96 bits per heavy atom. The standard InChI is InChI=1S/C22H30FN3O2/c1-3-24-22(25-12-11-19-9-10-20(23)13-17(19)2)26-14-21(27)16-28-15-18-7-5-4-6-8-18/h4-10,13,21,27H,3,11-12,14-16H2,1-2H3,(H2,24,25,26). The molecule has 0 fully saturated rings. The Morgan fingerprint density at radius 1 is 1.18 bits per heavy atom. The Kier molecular flexibility index (Phi) is 9.45. The van der Waals surface area contributed by atoms with Crippen LogP contribution in [0.4, 0.5) is 4.39 Å². The van der Waals surface area contributed by atoms with Gasteiger partial charge in [-0.2, -0.15) is 0 Å². The van der Waals surface area contributed by atoms with E-state index in [0.29, 0.717) is 19.1 Å². The molecule has 28 heavy (non-hydrogen) atoms. The highest BCUT2D eigenvalue weighted by Gasteiger charge is 2.06. The summed E-state index contributed by atoms with van der Waals surface area (Å²) in [6.45, 7) is 6.23. The molecular weight excluding hydrogens is 357 g/mol. The predicted octanol–water partition coefficient (Wildman–Crippen LogP) is 2.81. The van der Waals surface area contributed by atoms with Crippen molar-refractivity contribution >= 4 is 5.96 Å². The molecule has 0 bridgehead atoms. The minimum atomic E-state index is -0.668. The zero-order valence-electron chi connectivity index (χ0n) is 16.6. The molecule has 2 aromatic carbocycles. The predicted molar refractivity (Wildman–Crippen MR) is 111 cm³/mol. The molecule has 0 aliphatic carbocycles. The van der Waals surface area contributed by atoms with Crippen molar-refractivity contribution in [2.24, 2.45) is 4.99 Å². The third kappa shape index (κ3) is 8.06. The summed E-state index contributed by atoms with van der Waals surface area (Å²) in [6.07, 6.45) is 0.0951. The fourth-order valence-electron chi connectivity index (χ4n) is 2.73. The molecule has 0 amide bonds. The lowest BCUT2D eigenvalue weighted by Crippen LogP contribution is -2.39. The monoisotopic (exact) mass is 387 g/mol. The Balaban J connectivity index is 1.74. The van der Waals surface area contributed by atoms with E-state index in [1.807, 2.05) is 50.2 Å². The summed E-state index contributed by atoms with van der Waals surface area (Å²) in [4.78, 5) is 4.41. The van der Waals surface area contributed by atoms with Crippen LogP contribution in [0.3, 0.4) is 0 Å². The number of guanidine groups is 1. The van der Waals surface area contributed by atoms with Crippen LogP contribution in [0.25, 0.3) is 0 Å². The number of aliphatic imine (C=N–C) groups is 1. The molecule has 0 heterocycles. The van der Waals surface area contributed by atoms with Gasteiger partial charge in [0.15, 0.2) is 5.96 Å². The number of benzene rings is 2. The Morgan fingerprint density at radius 3 is 2.68 bits per heavy atom. The lowest BCUT2D eigenvalue weighted by atomic mass is 10.1. The highest BCUT2D eigenvalue weighted by atomic mass is 19.1. The van der Waals surface area contributed by atoms with Crippen LogP contribution < -0.4 is 10.6 Å². The first-order chi connectivity index (χ1) is 13.6. The van der Waals surface area contributed by atoms with Crippen molar-refractivity contribution in [2.45, 2.75) is 33.0 Å². The summed E-state index contributed by atoms with van der Waals surface area (Å²) in [5.74, 6) is 0.428. The number of ether oxygens (including phenoxy) is 1. The van der Waals surface area contributed by atoms with Crippen LogP contribution in [0.5, 0.6) is 0 Å². The van der Waals surface area contributed by atoms with Gasteiger partial charge in [0, 0.05) is 13.1 Å². The van der Waals surface area contributed by atoms with E-state index in [2.05, 4.69) is 15.6 Å². The number of aliphatic hydroxyl groups is 1. The number of nitrogens with one attached hydrogen (secondary N) is 2. The Bertz CT molecular complexity index is 738. The highest BCUT2D eigenvalue weighted by molar-refractivity contribution is 5.79. The third-order valence-electron chi connectivity index (χ3n) is 4.22. The van der Waals surface area contributed by atoms with Crippen molar-refractivity contribution in [1.29, 1.82) is 0 Å². The number of hydrogen-bond acceptors (Lipinski definition) is 3. The lowest BCUT2D eigenvalue weighted by molar-refractivity contribution is 0.0331. The van der Waals surface area contributed by atoms with Crippen LogP contribution >= 0.6 is 0 Å². The first kappa shape index (κ1) is 21.9. The number of halogens is 1. The maximum Gasteiger partial charge on any atom is 0.191 e. The second kappa shape index (κ2) is 12.1. The van der Waals surface area contributed by atoms with E-state index in [9.17, 15) is 9.50 Å². The highest BCUT2D eigenvalue weighted by Crippen LogP contribution is 2.10. The Labute approximate surface area is 166 Å². The molecule has 6 heteroatoms. The van der Waals surface area contributed by atoms with Gasteiger partial charge in [-0.05, 0) is 49.1 Å². The minimum absolute atomic E-state index is 0.215. The minimum Gasteiger partial charge on any atom is -0.389 e. The first-order valence-corrected chi connectivity index (χ1v) is 9.65. The molecule has 0 aliphatic heterocycles. The summed E-state index contributed by atoms with van der Waals surface area (Å²) in [5.41, 5.74) is 3.11. The molecule has 5 nitrogen and oxygen atoms in total. The fourth-order valence-corrected chi connectivity index (χ4v) is 2.73. The number of rotatable bonds is 10. The molecule has 0 aliphatic rings. The van der Waals surface area contributed by atoms with Gasteiger partial charge in [0.05, 0.1) is 25.9 Å². The average molecular weight is 387 g/mol. The molecular formula is C22H30FN3O2. The molecule has 152 valence electrons. The number of nitrogens with zero attached hydrogens (tertiary/aromatic N) is 1. The van der Waals surface area contributed by atoms with Gasteiger partial charge in [-0.1, -0.05) is 36.4 Å². The zero-order chi connectivity index (χ0) is 20.2. The summed E-state index contributed by atoms with van der Waals surface area (Å²) in [5, 5.41) is 16.5. The maximum atomic E-state index is 13.2. The quantitative estimate of drug-likeness (QED) is 0.433. The topological polar surface area (TPSA) is 65.9 Å². The molecule has 2 rings (SSSR count). The van der Waals surface area contributed by atoms with Crippen LogP contribution in [-0.4, -0.2) is 43.4 Å². The van der Waals surface area contributed by atoms with Crippen molar-refractivity contribution in [3.63, 3.8) is 0 Å². The third-order valence-corrected chi connectivity index (χ3v) is 4.22. The maximum absolute atomic E-state index is 13.2. The second-order valence-corrected chi connectivity index (χ2v) is 6.62. The normalized spacial score (nSPS) is 12.6. The Hall–Kier alpha value is -2.44. The zero-order valence-corrected chi connectivity index (χ0v) is 16.6. The fraction of sp³-hybridized carbons (Fsp3) is 0.409. The van der Waals surface area contributed by atoms with Crippen LogP contribution in [0, 0.1) is 12.7 Å². The molecule has 1 unspecified atom stereocenters. The SMILES string of the molecule is CCNC(=NCC(O)COCc1ccccc1)NCCc1ccc(F)cc1C. The first-order valence-electron chi connectivity index (χ1n) is 9.65. The molecule has 0 radical (unpaired) electrons. The molecule has 0 aromatic heterocycles. The largest absolute Gasteiger partial charge is 0.389 e. The molecule has 3 N–H and O–H groups in total. The van der Waals surface area contributed by atoms with Gasteiger partial charge in [0.2, 0.25) is 0 Å². The van der Waals surface area contributed by atoms with Gasteiger partial charge in [0.25, 0.3) is 0 Å². The summed E-state index contributed by atoms with van der Waals surface area (Å²) in [7, 11) is 0. The van der Waals surface area contributed by atoms with E-state index in [1.54, 1.807) is 6.07 Å². The second-order valence-electron chi connectivity index (χ2n) is 6.62. The number of aliphatic hydroxyl groups excluding tert-OH is 1. The van der Waals surface area contributed by atoms with Gasteiger partial charge in [-0.15, -0.1) is 0 Å². The van der Waals surface area contributed by atoms with E-state index in [0.717, 1.165) is 29.7 Å². The van der Waals surface area contributed by atoms with E-state index in [-0.39, 0.29) is 19.0 Å². The van der Waals surface area contributed by atoms with Gasteiger partial charge in [-0.25, -0.2) is 4.39 Å². The van der Waals surface area contributed by atoms with Crippen LogP contribution in [0.15, 0.2) is 53.5 Å². The number of hydrogen-bond donors (Lipinski definition) is 3. The van der Waals surface area contributed by atoms with E-state index >= 15 is 0 Å². The smallest absolute Gasteiger partial charge is 0.191 e. The van der Waals surface area contributed by atoms with Gasteiger partial charge in [-0.3, -0.25) is 4.99 Å². The van der Waals surface area contributed by atoms with E-state index in [4.69, 9.17) is 4.74 Å². The summed E-state index contributed by atoms with van der Waals surface area (Å²) < 4.78 is 18.7. The summed E-state index contributed by atoms with van der Waals surface area (Å²) >= 11 is 0. The van der Waals surface area contributed by atoms with Gasteiger partial charge >= 0.3 is 0 Å². The van der Waals surface area contributed by atoms with Crippen LogP contribution in [0.1, 0.15) is 23.6 Å². The van der Waals surface area contributed by atoms with Gasteiger partial charge in [0.1, 0.15) is 5.82 Å². The van der Waals surface area contributed by atoms with Crippen molar-refractivity contribution in [3.8, 4) is 0 Å². The molecule has 0 spiro atoms. The average Bonchev–Trinajstić information content (AvgIpc) is 2.68. The van der Waals surface area contributed by atoms with E-state index < -0.39 is 6.10 Å². The molecule has 0 saturated carbocycles. The van der Waals surface area contributed by atoms with Crippen LogP contribution in [0.2, 0.25) is 0 Å². The summed E-state index contributed by atoms with van der Waals surface area (Å²) in [6, 6.07) is 14.7. The van der Waals surface area contributed by atoms with Crippen molar-refractivity contribution in [2.75, 3.05) is 26.2 Å². The molecule has 0 saturated heterocycles. The van der Waals surface area contributed by atoms with Crippen molar-refractivity contribution < 1.29 is 14.2 Å². The van der Waals surface area contributed by atoms with Gasteiger partial charge < -0.3 is 20.5 Å². The number of aryl methyl sites for hydroxylation is 1.